The largest absolute Gasteiger partial charge is 0.395 e. The lowest BCUT2D eigenvalue weighted by molar-refractivity contribution is -0.166. The fraction of sp³-hybridized carbons (Fsp3) is 0.667. The number of carbonyl (C=O) groups is 2. The minimum Gasteiger partial charge on any atom is -0.395 e. The summed E-state index contributed by atoms with van der Waals surface area (Å²) >= 11 is 0. The second-order valence-electron chi connectivity index (χ2n) is 13.2. The number of piperazine rings is 1. The average molecular weight is 659 g/mol. The highest BCUT2D eigenvalue weighted by Gasteiger charge is 2.55. The molecule has 0 bridgehead atoms. The lowest BCUT2D eigenvalue weighted by Gasteiger charge is -2.52. The van der Waals surface area contributed by atoms with E-state index < -0.39 is 27.7 Å². The van der Waals surface area contributed by atoms with E-state index in [2.05, 4.69) is 21.9 Å². The van der Waals surface area contributed by atoms with Gasteiger partial charge in [0.15, 0.2) is 0 Å². The number of likely N-dealkylation sites (tertiary alicyclic amines) is 1. The zero-order valence-electron chi connectivity index (χ0n) is 27.4. The molecule has 12 nitrogen and oxygen atoms in total. The Kier molecular flexibility index (Phi) is 10.9. The SMILES string of the molecule is CCCCN1C(=O)[C@@H]([C@H](O)C2CCCCC2)NC(=O)C12CCN(Cc1c(C)nn(-c3ccc(S(=O)(=O)NCCO)cc3)c1C)CC2. The third-order valence-corrected chi connectivity index (χ3v) is 11.7. The van der Waals surface area contributed by atoms with Gasteiger partial charge >= 0.3 is 0 Å². The number of nitrogens with zero attached hydrogens (tertiary/aromatic N) is 4. The lowest BCUT2D eigenvalue weighted by atomic mass is 9.78. The number of benzene rings is 1. The summed E-state index contributed by atoms with van der Waals surface area (Å²) in [6.45, 7) is 8.12. The molecule has 4 N–H and O–H groups in total. The van der Waals surface area contributed by atoms with E-state index in [9.17, 15) is 23.1 Å². The molecule has 3 aliphatic rings. The van der Waals surface area contributed by atoms with Crippen LogP contribution in [0.4, 0.5) is 0 Å². The van der Waals surface area contributed by atoms with E-state index >= 15 is 0 Å². The number of amides is 2. The van der Waals surface area contributed by atoms with Gasteiger partial charge in [-0.05, 0) is 76.1 Å². The summed E-state index contributed by atoms with van der Waals surface area (Å²) in [4.78, 5) is 32.0. The van der Waals surface area contributed by atoms with Crippen LogP contribution in [0.15, 0.2) is 29.2 Å². The molecule has 3 fully saturated rings. The molecule has 2 saturated heterocycles. The highest BCUT2D eigenvalue weighted by Crippen LogP contribution is 2.37. The molecule has 5 rings (SSSR count). The zero-order chi connectivity index (χ0) is 33.1. The number of nitrogens with one attached hydrogen (secondary N) is 2. The topological polar surface area (TPSA) is 157 Å². The van der Waals surface area contributed by atoms with E-state index in [1.807, 2.05) is 18.5 Å². The molecular weight excluding hydrogens is 608 g/mol. The predicted octanol–water partition coefficient (Wildman–Crippen LogP) is 2.16. The smallest absolute Gasteiger partial charge is 0.248 e. The molecule has 1 saturated carbocycles. The van der Waals surface area contributed by atoms with Gasteiger partial charge in [-0.25, -0.2) is 17.8 Å². The van der Waals surface area contributed by atoms with Crippen molar-refractivity contribution in [3.63, 3.8) is 0 Å². The molecule has 3 heterocycles. The van der Waals surface area contributed by atoms with Crippen molar-refractivity contribution < 1.29 is 28.2 Å². The van der Waals surface area contributed by atoms with Crippen LogP contribution in [0.25, 0.3) is 5.69 Å². The van der Waals surface area contributed by atoms with E-state index in [1.54, 1.807) is 17.0 Å². The maximum absolute atomic E-state index is 13.9. The highest BCUT2D eigenvalue weighted by molar-refractivity contribution is 7.89. The molecule has 2 amide bonds. The zero-order valence-corrected chi connectivity index (χ0v) is 28.2. The van der Waals surface area contributed by atoms with E-state index in [0.29, 0.717) is 39.0 Å². The van der Waals surface area contributed by atoms with Gasteiger partial charge in [0.25, 0.3) is 0 Å². The van der Waals surface area contributed by atoms with Crippen LogP contribution in [-0.4, -0.2) is 100 Å². The van der Waals surface area contributed by atoms with Crippen LogP contribution in [0.5, 0.6) is 0 Å². The number of aliphatic hydroxyl groups is 2. The van der Waals surface area contributed by atoms with Crippen molar-refractivity contribution in [3.8, 4) is 5.69 Å². The maximum Gasteiger partial charge on any atom is 0.248 e. The first-order chi connectivity index (χ1) is 22.0. The maximum atomic E-state index is 13.9. The first-order valence-corrected chi connectivity index (χ1v) is 18.3. The minimum atomic E-state index is -3.71. The van der Waals surface area contributed by atoms with Crippen LogP contribution in [0.3, 0.4) is 0 Å². The summed E-state index contributed by atoms with van der Waals surface area (Å²) < 4.78 is 29.0. The summed E-state index contributed by atoms with van der Waals surface area (Å²) in [5.74, 6) is -0.241. The number of piperidine rings is 1. The van der Waals surface area contributed by atoms with Crippen LogP contribution in [0.1, 0.15) is 81.7 Å². The second-order valence-corrected chi connectivity index (χ2v) is 14.9. The van der Waals surface area contributed by atoms with Gasteiger partial charge in [-0.15, -0.1) is 0 Å². The Labute approximate surface area is 272 Å². The molecule has 0 radical (unpaired) electrons. The number of aliphatic hydroxyl groups excluding tert-OH is 2. The fourth-order valence-electron chi connectivity index (χ4n) is 7.45. The number of hydrogen-bond donors (Lipinski definition) is 4. The third-order valence-electron chi connectivity index (χ3n) is 10.3. The van der Waals surface area contributed by atoms with Gasteiger partial charge in [0.05, 0.1) is 29.0 Å². The first kappa shape index (κ1) is 34.5. The molecule has 2 aliphatic heterocycles. The van der Waals surface area contributed by atoms with Crippen molar-refractivity contribution in [2.24, 2.45) is 5.92 Å². The van der Waals surface area contributed by atoms with Crippen molar-refractivity contribution in [2.75, 3.05) is 32.8 Å². The Bertz CT molecular complexity index is 1480. The Hall–Kier alpha value is -2.84. The van der Waals surface area contributed by atoms with Crippen LogP contribution in [0.2, 0.25) is 0 Å². The van der Waals surface area contributed by atoms with Crippen LogP contribution in [-0.2, 0) is 26.2 Å². The summed E-state index contributed by atoms with van der Waals surface area (Å²) in [5, 5.41) is 27.9. The quantitative estimate of drug-likeness (QED) is 0.270. The van der Waals surface area contributed by atoms with E-state index in [4.69, 9.17) is 10.2 Å². The summed E-state index contributed by atoms with van der Waals surface area (Å²) in [6, 6.07) is 5.59. The standard InChI is InChI=1S/C33H50N6O6S/c1-4-5-18-38-31(42)29(30(41)25-9-7-6-8-10-25)35-32(43)33(38)15-19-37(20-16-33)22-28-23(2)36-39(24(28)3)26-11-13-27(14-12-26)46(44,45)34-17-21-40/h11-14,25,29-30,34,40-41H,4-10,15-22H2,1-3H3,(H,35,43)/t29-,30-/m1/s1. The lowest BCUT2D eigenvalue weighted by Crippen LogP contribution is -2.75. The van der Waals surface area contributed by atoms with Crippen molar-refractivity contribution >= 4 is 21.8 Å². The molecule has 1 aromatic heterocycles. The van der Waals surface area contributed by atoms with Gasteiger partial charge in [0.1, 0.15) is 11.6 Å². The molecule has 254 valence electrons. The van der Waals surface area contributed by atoms with Crippen LogP contribution in [0, 0.1) is 19.8 Å². The monoisotopic (exact) mass is 658 g/mol. The Morgan fingerprint density at radius 1 is 1.09 bits per heavy atom. The summed E-state index contributed by atoms with van der Waals surface area (Å²) in [7, 11) is -3.71. The van der Waals surface area contributed by atoms with Gasteiger partial charge in [-0.2, -0.15) is 5.10 Å². The first-order valence-electron chi connectivity index (χ1n) is 16.8. The molecule has 13 heteroatoms. The Balaban J connectivity index is 1.28. The van der Waals surface area contributed by atoms with Gasteiger partial charge in [0.2, 0.25) is 21.8 Å². The number of hydrogen-bond acceptors (Lipinski definition) is 8. The van der Waals surface area contributed by atoms with E-state index in [1.165, 1.54) is 12.1 Å². The van der Waals surface area contributed by atoms with Crippen molar-refractivity contribution in [3.05, 3.63) is 41.2 Å². The fourth-order valence-corrected chi connectivity index (χ4v) is 8.47. The number of aryl methyl sites for hydroxylation is 1. The van der Waals surface area contributed by atoms with E-state index in [0.717, 1.165) is 67.6 Å². The predicted molar refractivity (Wildman–Crippen MR) is 174 cm³/mol. The molecule has 1 aromatic carbocycles. The second kappa shape index (κ2) is 14.5. The number of unbranched alkanes of at least 4 members (excludes halogenated alkanes) is 1. The number of aromatic nitrogens is 2. The number of carbonyl (C=O) groups excluding carboxylic acids is 2. The molecule has 2 atom stereocenters. The number of rotatable bonds is 12. The number of sulfonamides is 1. The van der Waals surface area contributed by atoms with Gasteiger partial charge in [-0.1, -0.05) is 32.6 Å². The molecule has 2 aromatic rings. The van der Waals surface area contributed by atoms with Crippen molar-refractivity contribution in [1.82, 2.24) is 29.6 Å². The van der Waals surface area contributed by atoms with Crippen LogP contribution < -0.4 is 10.0 Å². The molecule has 1 spiro atoms. The van der Waals surface area contributed by atoms with Gasteiger partial charge in [-0.3, -0.25) is 14.5 Å². The highest BCUT2D eigenvalue weighted by atomic mass is 32.2. The third kappa shape index (κ3) is 6.89. The van der Waals surface area contributed by atoms with Crippen molar-refractivity contribution in [2.45, 2.75) is 108 Å². The van der Waals surface area contributed by atoms with Crippen LogP contribution >= 0.6 is 0 Å². The summed E-state index contributed by atoms with van der Waals surface area (Å²) in [6.07, 6.45) is 6.93. The van der Waals surface area contributed by atoms with Gasteiger partial charge < -0.3 is 20.4 Å². The molecular formula is C33H50N6O6S. The molecule has 0 unspecified atom stereocenters. The van der Waals surface area contributed by atoms with E-state index in [-0.39, 0.29) is 35.8 Å². The Morgan fingerprint density at radius 3 is 2.39 bits per heavy atom. The minimum absolute atomic E-state index is 0.0409. The Morgan fingerprint density at radius 2 is 1.76 bits per heavy atom. The van der Waals surface area contributed by atoms with Gasteiger partial charge in [0, 0.05) is 44.0 Å². The summed E-state index contributed by atoms with van der Waals surface area (Å²) in [5.41, 5.74) is 2.71. The molecule has 1 aliphatic carbocycles. The van der Waals surface area contributed by atoms with Crippen molar-refractivity contribution in [1.29, 1.82) is 0 Å². The average Bonchev–Trinajstić information content (AvgIpc) is 3.35. The molecule has 46 heavy (non-hydrogen) atoms. The normalized spacial score (nSPS) is 21.9.